The number of aliphatic hydroxyl groups excluding tert-OH is 1. The molecule has 2 saturated heterocycles. The molecule has 8 nitrogen and oxygen atoms in total. The fraction of sp³-hybridized carbons (Fsp3) is 0.458. The van der Waals surface area contributed by atoms with Gasteiger partial charge in [0.1, 0.15) is 6.61 Å². The van der Waals surface area contributed by atoms with Gasteiger partial charge >= 0.3 is 0 Å². The molecule has 32 heavy (non-hydrogen) atoms. The maximum Gasteiger partial charge on any atom is 0.225 e. The predicted molar refractivity (Wildman–Crippen MR) is 124 cm³/mol. The number of carbonyl (C=O) groups is 1. The second kappa shape index (κ2) is 11.3. The van der Waals surface area contributed by atoms with Crippen molar-refractivity contribution in [2.75, 3.05) is 70.5 Å². The van der Waals surface area contributed by atoms with Crippen molar-refractivity contribution in [2.24, 2.45) is 0 Å². The lowest BCUT2D eigenvalue weighted by Crippen LogP contribution is -2.54. The molecule has 8 heteroatoms. The molecule has 1 N–H and O–H groups in total. The fourth-order valence-corrected chi connectivity index (χ4v) is 4.11. The van der Waals surface area contributed by atoms with Crippen LogP contribution in [0.5, 0.6) is 0 Å². The summed E-state index contributed by atoms with van der Waals surface area (Å²) in [7, 11) is 0. The quantitative estimate of drug-likeness (QED) is 0.617. The number of carbonyl (C=O) groups excluding carboxylic acids is 1. The van der Waals surface area contributed by atoms with Gasteiger partial charge in [0.05, 0.1) is 18.8 Å². The van der Waals surface area contributed by atoms with Crippen molar-refractivity contribution in [3.05, 3.63) is 59.9 Å². The van der Waals surface area contributed by atoms with Crippen molar-refractivity contribution in [3.63, 3.8) is 0 Å². The number of anilines is 1. The van der Waals surface area contributed by atoms with Gasteiger partial charge in [0, 0.05) is 64.2 Å². The molecule has 1 unspecified atom stereocenters. The van der Waals surface area contributed by atoms with Gasteiger partial charge in [-0.2, -0.15) is 0 Å². The average molecular weight is 438 g/mol. The molecule has 2 aliphatic heterocycles. The highest BCUT2D eigenvalue weighted by Crippen LogP contribution is 2.16. The summed E-state index contributed by atoms with van der Waals surface area (Å²) in [4.78, 5) is 27.4. The van der Waals surface area contributed by atoms with E-state index in [4.69, 9.17) is 9.84 Å². The Morgan fingerprint density at radius 2 is 1.72 bits per heavy atom. The molecule has 1 atom stereocenters. The van der Waals surface area contributed by atoms with Crippen molar-refractivity contribution in [2.45, 2.75) is 6.04 Å². The zero-order chi connectivity index (χ0) is 22.2. The number of rotatable bonds is 8. The minimum Gasteiger partial charge on any atom is -0.388 e. The molecule has 4 rings (SSSR count). The molecule has 0 bridgehead atoms. The summed E-state index contributed by atoms with van der Waals surface area (Å²) in [5, 5.41) is 8.98. The van der Waals surface area contributed by atoms with E-state index in [-0.39, 0.29) is 5.78 Å². The molecular weight excluding hydrogens is 406 g/mol. The van der Waals surface area contributed by atoms with Crippen molar-refractivity contribution in [1.29, 1.82) is 0 Å². The second-order valence-corrected chi connectivity index (χ2v) is 8.13. The van der Waals surface area contributed by atoms with Gasteiger partial charge in [0.2, 0.25) is 5.95 Å². The minimum atomic E-state index is -0.525. The first-order chi connectivity index (χ1) is 15.7. The van der Waals surface area contributed by atoms with Gasteiger partial charge in [0.15, 0.2) is 5.78 Å². The van der Waals surface area contributed by atoms with E-state index < -0.39 is 6.61 Å². The summed E-state index contributed by atoms with van der Waals surface area (Å²) in [5.41, 5.74) is 1.55. The standard InChI is InChI=1S/C24H31N5O3/c30-19-23(31)21-16-25-24(26-17-21)29-10-8-28(9-11-29)22(18-27-12-14-32-15-13-27)7-6-20-4-2-1-3-5-20/h1-7,16-17,22,30H,8-15,18-19H2/b7-6+. The molecule has 3 heterocycles. The Morgan fingerprint density at radius 3 is 2.38 bits per heavy atom. The van der Waals surface area contributed by atoms with E-state index in [0.29, 0.717) is 17.6 Å². The zero-order valence-electron chi connectivity index (χ0n) is 18.3. The molecule has 0 spiro atoms. The number of aromatic nitrogens is 2. The number of Topliss-reactive ketones (excluding diaryl/α,β-unsaturated/α-hetero) is 1. The first-order valence-electron chi connectivity index (χ1n) is 11.2. The van der Waals surface area contributed by atoms with Gasteiger partial charge in [-0.3, -0.25) is 14.6 Å². The number of benzene rings is 1. The van der Waals surface area contributed by atoms with E-state index in [2.05, 4.69) is 61.1 Å². The summed E-state index contributed by atoms with van der Waals surface area (Å²) < 4.78 is 5.52. The highest BCUT2D eigenvalue weighted by molar-refractivity contribution is 5.96. The number of hydrogen-bond acceptors (Lipinski definition) is 8. The van der Waals surface area contributed by atoms with Crippen LogP contribution in [0.15, 0.2) is 48.8 Å². The van der Waals surface area contributed by atoms with Gasteiger partial charge in [-0.1, -0.05) is 42.5 Å². The molecule has 0 aliphatic carbocycles. The van der Waals surface area contributed by atoms with Crippen LogP contribution in [-0.4, -0.2) is 102 Å². The van der Waals surface area contributed by atoms with Crippen LogP contribution in [0.1, 0.15) is 15.9 Å². The van der Waals surface area contributed by atoms with Crippen molar-refractivity contribution in [1.82, 2.24) is 19.8 Å². The Morgan fingerprint density at radius 1 is 1.03 bits per heavy atom. The Kier molecular flexibility index (Phi) is 7.95. The number of piperazine rings is 1. The third-order valence-corrected chi connectivity index (χ3v) is 6.03. The summed E-state index contributed by atoms with van der Waals surface area (Å²) in [6, 6.07) is 10.7. The van der Waals surface area contributed by atoms with Gasteiger partial charge in [0.25, 0.3) is 0 Å². The molecular formula is C24H31N5O3. The van der Waals surface area contributed by atoms with Gasteiger partial charge in [-0.25, -0.2) is 9.97 Å². The highest BCUT2D eigenvalue weighted by Gasteiger charge is 2.26. The largest absolute Gasteiger partial charge is 0.388 e. The molecule has 2 aliphatic rings. The zero-order valence-corrected chi connectivity index (χ0v) is 18.3. The Hall–Kier alpha value is -2.65. The number of ketones is 1. The smallest absolute Gasteiger partial charge is 0.225 e. The monoisotopic (exact) mass is 437 g/mol. The van der Waals surface area contributed by atoms with E-state index in [1.54, 1.807) is 0 Å². The average Bonchev–Trinajstić information content (AvgIpc) is 2.87. The lowest BCUT2D eigenvalue weighted by molar-refractivity contribution is 0.0269. The Bertz CT molecular complexity index is 876. The molecule has 1 aromatic carbocycles. The predicted octanol–water partition coefficient (Wildman–Crippen LogP) is 1.19. The Balaban J connectivity index is 1.39. The van der Waals surface area contributed by atoms with Gasteiger partial charge in [-0.15, -0.1) is 0 Å². The third kappa shape index (κ3) is 5.98. The fourth-order valence-electron chi connectivity index (χ4n) is 4.11. The van der Waals surface area contributed by atoms with E-state index in [1.807, 2.05) is 6.07 Å². The van der Waals surface area contributed by atoms with Crippen LogP contribution < -0.4 is 4.90 Å². The number of morpholine rings is 1. The summed E-state index contributed by atoms with van der Waals surface area (Å²) in [6.07, 6.45) is 7.54. The number of hydrogen-bond donors (Lipinski definition) is 1. The number of ether oxygens (including phenoxy) is 1. The third-order valence-electron chi connectivity index (χ3n) is 6.03. The minimum absolute atomic E-state index is 0.320. The van der Waals surface area contributed by atoms with E-state index >= 15 is 0 Å². The number of aliphatic hydroxyl groups is 1. The van der Waals surface area contributed by atoms with E-state index in [9.17, 15) is 4.79 Å². The summed E-state index contributed by atoms with van der Waals surface area (Å²) >= 11 is 0. The van der Waals surface area contributed by atoms with Crippen molar-refractivity contribution in [3.8, 4) is 0 Å². The molecule has 0 radical (unpaired) electrons. The van der Waals surface area contributed by atoms with Crippen LogP contribution in [0.2, 0.25) is 0 Å². The first kappa shape index (κ1) is 22.5. The summed E-state index contributed by atoms with van der Waals surface area (Å²) in [5.74, 6) is 0.265. The maximum atomic E-state index is 11.6. The lowest BCUT2D eigenvalue weighted by Gasteiger charge is -2.40. The van der Waals surface area contributed by atoms with Gasteiger partial charge in [-0.05, 0) is 5.56 Å². The molecule has 0 amide bonds. The van der Waals surface area contributed by atoms with Gasteiger partial charge < -0.3 is 14.7 Å². The SMILES string of the molecule is O=C(CO)c1cnc(N2CCN(C(/C=C/c3ccccc3)CN3CCOCC3)CC2)nc1. The maximum absolute atomic E-state index is 11.6. The molecule has 2 fully saturated rings. The van der Waals surface area contributed by atoms with Crippen LogP contribution in [0, 0.1) is 0 Å². The first-order valence-corrected chi connectivity index (χ1v) is 11.2. The van der Waals surface area contributed by atoms with Crippen LogP contribution in [0.25, 0.3) is 6.08 Å². The van der Waals surface area contributed by atoms with Crippen molar-refractivity contribution >= 4 is 17.8 Å². The molecule has 1 aromatic heterocycles. The second-order valence-electron chi connectivity index (χ2n) is 8.13. The van der Waals surface area contributed by atoms with E-state index in [1.165, 1.54) is 18.0 Å². The van der Waals surface area contributed by atoms with E-state index in [0.717, 1.165) is 59.0 Å². The normalized spacial score (nSPS) is 19.3. The van der Waals surface area contributed by atoms with Crippen LogP contribution in [0.4, 0.5) is 5.95 Å². The van der Waals surface area contributed by atoms with Crippen LogP contribution in [0.3, 0.4) is 0 Å². The van der Waals surface area contributed by atoms with Crippen LogP contribution in [-0.2, 0) is 4.74 Å². The molecule has 170 valence electrons. The van der Waals surface area contributed by atoms with Crippen molar-refractivity contribution < 1.29 is 14.6 Å². The number of nitrogens with zero attached hydrogens (tertiary/aromatic N) is 5. The topological polar surface area (TPSA) is 82.0 Å². The molecule has 2 aromatic rings. The highest BCUT2D eigenvalue weighted by atomic mass is 16.5. The van der Waals surface area contributed by atoms with Crippen LogP contribution >= 0.6 is 0 Å². The molecule has 0 saturated carbocycles. The Labute approximate surface area is 189 Å². The summed E-state index contributed by atoms with van der Waals surface area (Å²) in [6.45, 7) is 7.49. The lowest BCUT2D eigenvalue weighted by atomic mass is 10.1.